The van der Waals surface area contributed by atoms with Crippen LogP contribution in [0.25, 0.3) is 11.4 Å². The number of aromatic nitrogens is 4. The van der Waals surface area contributed by atoms with Crippen molar-refractivity contribution in [1.82, 2.24) is 29.3 Å². The van der Waals surface area contributed by atoms with Gasteiger partial charge in [0.25, 0.3) is 0 Å². The zero-order valence-electron chi connectivity index (χ0n) is 19.1. The van der Waals surface area contributed by atoms with Crippen LogP contribution in [0, 0.1) is 11.7 Å². The van der Waals surface area contributed by atoms with E-state index in [-0.39, 0.29) is 5.41 Å². The van der Waals surface area contributed by atoms with Crippen molar-refractivity contribution in [1.29, 1.82) is 0 Å². The van der Waals surface area contributed by atoms with Crippen molar-refractivity contribution in [2.24, 2.45) is 7.05 Å². The van der Waals surface area contributed by atoms with Crippen molar-refractivity contribution < 1.29 is 4.52 Å². The number of benzene rings is 1. The van der Waals surface area contributed by atoms with Gasteiger partial charge in [0.05, 0.1) is 18.9 Å². The number of piperazine rings is 1. The Bertz CT molecular complexity index is 1080. The number of hydrogen-bond acceptors (Lipinski definition) is 6. The number of aryl methyl sites for hydroxylation is 1. The molecule has 1 fully saturated rings. The van der Waals surface area contributed by atoms with E-state index in [1.807, 2.05) is 29.3 Å². The smallest absolute Gasteiger partial charge is 0.199 e. The maximum absolute atomic E-state index is 5.69. The van der Waals surface area contributed by atoms with Crippen molar-refractivity contribution in [2.75, 3.05) is 26.2 Å². The Hall–Kier alpha value is -2.29. The lowest BCUT2D eigenvalue weighted by molar-refractivity contribution is 0.0920. The van der Waals surface area contributed by atoms with Gasteiger partial charge < -0.3 is 9.09 Å². The molecule has 0 saturated carbocycles. The minimum Gasteiger partial charge on any atom is -0.360 e. The van der Waals surface area contributed by atoms with Gasteiger partial charge in [0, 0.05) is 44.9 Å². The highest BCUT2D eigenvalue weighted by atomic mass is 32.1. The zero-order valence-corrected chi connectivity index (χ0v) is 19.9. The van der Waals surface area contributed by atoms with Gasteiger partial charge in [-0.15, -0.1) is 0 Å². The van der Waals surface area contributed by atoms with Crippen molar-refractivity contribution in [2.45, 2.75) is 46.3 Å². The summed E-state index contributed by atoms with van der Waals surface area (Å²) in [7, 11) is 2.00. The fourth-order valence-corrected chi connectivity index (χ4v) is 4.13. The van der Waals surface area contributed by atoms with Gasteiger partial charge in [-0.2, -0.15) is 5.10 Å². The van der Waals surface area contributed by atoms with Crippen LogP contribution in [0.4, 0.5) is 0 Å². The van der Waals surface area contributed by atoms with Crippen LogP contribution in [0.5, 0.6) is 0 Å². The minimum atomic E-state index is 0.137. The Balaban J connectivity index is 1.40. The highest BCUT2D eigenvalue weighted by molar-refractivity contribution is 7.71. The van der Waals surface area contributed by atoms with E-state index >= 15 is 0 Å². The zero-order chi connectivity index (χ0) is 22.2. The lowest BCUT2D eigenvalue weighted by Crippen LogP contribution is -2.46. The molecule has 3 aromatic rings. The maximum Gasteiger partial charge on any atom is 0.199 e. The molecule has 166 valence electrons. The van der Waals surface area contributed by atoms with Crippen LogP contribution in [0.3, 0.4) is 0 Å². The second-order valence-corrected chi connectivity index (χ2v) is 9.83. The first kappa shape index (κ1) is 21.9. The summed E-state index contributed by atoms with van der Waals surface area (Å²) < 4.78 is 10.0. The van der Waals surface area contributed by atoms with Gasteiger partial charge >= 0.3 is 0 Å². The first-order valence-corrected chi connectivity index (χ1v) is 11.2. The number of hydrogen-bond donors (Lipinski definition) is 0. The van der Waals surface area contributed by atoms with Gasteiger partial charge in [-0.05, 0) is 30.1 Å². The molecule has 0 atom stereocenters. The van der Waals surface area contributed by atoms with Gasteiger partial charge in [0.1, 0.15) is 0 Å². The van der Waals surface area contributed by atoms with Gasteiger partial charge in [0.15, 0.2) is 16.4 Å². The Morgan fingerprint density at radius 3 is 2.26 bits per heavy atom. The van der Waals surface area contributed by atoms with Gasteiger partial charge in [0.2, 0.25) is 0 Å². The van der Waals surface area contributed by atoms with Crippen molar-refractivity contribution >= 4 is 12.2 Å². The molecule has 0 N–H and O–H groups in total. The van der Waals surface area contributed by atoms with Gasteiger partial charge in [-0.3, -0.25) is 9.80 Å². The standard InChI is InChI=1S/C23H32N6OS/c1-17-14-20(30-25-17)15-27-10-12-28(13-11-27)16-29-22(31)26(5)21(24-29)18-6-8-19(9-7-18)23(2,3)4/h6-9,14H,10-13,15-16H2,1-5H3. The normalized spacial score (nSPS) is 16.2. The first-order chi connectivity index (χ1) is 14.7. The second-order valence-electron chi connectivity index (χ2n) is 9.46. The Morgan fingerprint density at radius 2 is 1.68 bits per heavy atom. The summed E-state index contributed by atoms with van der Waals surface area (Å²) in [6.45, 7) is 14.1. The molecule has 4 rings (SSSR count). The molecule has 8 heteroatoms. The fraction of sp³-hybridized carbons (Fsp3) is 0.522. The van der Waals surface area contributed by atoms with Crippen LogP contribution in [0.2, 0.25) is 0 Å². The molecular weight excluding hydrogens is 408 g/mol. The average molecular weight is 441 g/mol. The summed E-state index contributed by atoms with van der Waals surface area (Å²) in [5.41, 5.74) is 3.47. The van der Waals surface area contributed by atoms with E-state index in [1.54, 1.807) is 0 Å². The van der Waals surface area contributed by atoms with Crippen LogP contribution in [0.1, 0.15) is 37.8 Å². The van der Waals surface area contributed by atoms with Crippen LogP contribution >= 0.6 is 12.2 Å². The van der Waals surface area contributed by atoms with Crippen LogP contribution in [0.15, 0.2) is 34.9 Å². The maximum atomic E-state index is 5.69. The SMILES string of the molecule is Cc1cc(CN2CCN(Cn3nc(-c4ccc(C(C)(C)C)cc4)n(C)c3=S)CC2)on1. The van der Waals surface area contributed by atoms with Crippen LogP contribution in [-0.2, 0) is 25.7 Å². The molecule has 1 aromatic carbocycles. The molecule has 0 spiro atoms. The topological polar surface area (TPSA) is 55.3 Å². The quantitative estimate of drug-likeness (QED) is 0.559. The van der Waals surface area contributed by atoms with Crippen molar-refractivity contribution in [3.05, 3.63) is 52.1 Å². The summed E-state index contributed by atoms with van der Waals surface area (Å²) in [6.07, 6.45) is 0. The number of nitrogens with zero attached hydrogens (tertiary/aromatic N) is 6. The monoisotopic (exact) mass is 440 g/mol. The minimum absolute atomic E-state index is 0.137. The summed E-state index contributed by atoms with van der Waals surface area (Å²) in [6, 6.07) is 10.7. The van der Waals surface area contributed by atoms with E-state index < -0.39 is 0 Å². The third-order valence-electron chi connectivity index (χ3n) is 5.91. The van der Waals surface area contributed by atoms with E-state index in [0.29, 0.717) is 6.67 Å². The predicted octanol–water partition coefficient (Wildman–Crippen LogP) is 3.99. The molecule has 31 heavy (non-hydrogen) atoms. The van der Waals surface area contributed by atoms with E-state index in [0.717, 1.165) is 60.3 Å². The third kappa shape index (κ3) is 4.97. The van der Waals surface area contributed by atoms with E-state index in [4.69, 9.17) is 21.8 Å². The van der Waals surface area contributed by atoms with Crippen LogP contribution < -0.4 is 0 Å². The third-order valence-corrected chi connectivity index (χ3v) is 6.39. The summed E-state index contributed by atoms with van der Waals surface area (Å²) in [4.78, 5) is 4.80. The predicted molar refractivity (Wildman–Crippen MR) is 124 cm³/mol. The molecule has 1 saturated heterocycles. The Labute approximate surface area is 189 Å². The molecule has 3 heterocycles. The molecule has 1 aliphatic rings. The van der Waals surface area contributed by atoms with Gasteiger partial charge in [-0.1, -0.05) is 50.2 Å². The lowest BCUT2D eigenvalue weighted by Gasteiger charge is -2.33. The fourth-order valence-electron chi connectivity index (χ4n) is 3.94. The largest absolute Gasteiger partial charge is 0.360 e. The van der Waals surface area contributed by atoms with Crippen molar-refractivity contribution in [3.63, 3.8) is 0 Å². The van der Waals surface area contributed by atoms with Crippen LogP contribution in [-0.4, -0.2) is 55.5 Å². The lowest BCUT2D eigenvalue weighted by atomic mass is 9.87. The first-order valence-electron chi connectivity index (χ1n) is 10.8. The summed E-state index contributed by atoms with van der Waals surface area (Å²) >= 11 is 5.69. The van der Waals surface area contributed by atoms with E-state index in [1.165, 1.54) is 5.56 Å². The Morgan fingerprint density at radius 1 is 1.03 bits per heavy atom. The molecule has 0 bridgehead atoms. The molecule has 7 nitrogen and oxygen atoms in total. The molecule has 1 aliphatic heterocycles. The molecule has 0 aliphatic carbocycles. The summed E-state index contributed by atoms with van der Waals surface area (Å²) in [5, 5.41) is 8.83. The van der Waals surface area contributed by atoms with E-state index in [9.17, 15) is 0 Å². The highest BCUT2D eigenvalue weighted by Crippen LogP contribution is 2.25. The van der Waals surface area contributed by atoms with Crippen molar-refractivity contribution in [3.8, 4) is 11.4 Å². The summed E-state index contributed by atoms with van der Waals surface area (Å²) in [5.74, 6) is 1.84. The number of rotatable bonds is 5. The molecule has 0 radical (unpaired) electrons. The Kier molecular flexibility index (Phi) is 6.14. The van der Waals surface area contributed by atoms with Gasteiger partial charge in [-0.25, -0.2) is 4.68 Å². The molecule has 2 aromatic heterocycles. The van der Waals surface area contributed by atoms with E-state index in [2.05, 4.69) is 60.0 Å². The molecule has 0 unspecified atom stereocenters. The highest BCUT2D eigenvalue weighted by Gasteiger charge is 2.20. The second kappa shape index (κ2) is 8.68. The molecule has 0 amide bonds. The molecular formula is C23H32N6OS. The average Bonchev–Trinajstić information content (AvgIpc) is 3.26.